The lowest BCUT2D eigenvalue weighted by atomic mass is 10.0. The number of imidazole rings is 1. The summed E-state index contributed by atoms with van der Waals surface area (Å²) < 4.78 is 1.87. The third-order valence-electron chi connectivity index (χ3n) is 4.48. The van der Waals surface area contributed by atoms with E-state index in [1.54, 1.807) is 0 Å². The van der Waals surface area contributed by atoms with Gasteiger partial charge >= 0.3 is 0 Å². The maximum atomic E-state index is 4.82. The number of rotatable bonds is 3. The Labute approximate surface area is 130 Å². The first-order valence-corrected chi connectivity index (χ1v) is 7.96. The Balaban J connectivity index is 1.62. The molecule has 0 amide bonds. The van der Waals surface area contributed by atoms with Crippen LogP contribution in [0.15, 0.2) is 36.7 Å². The van der Waals surface area contributed by atoms with Crippen LogP contribution in [0, 0.1) is 0 Å². The highest BCUT2D eigenvalue weighted by Gasteiger charge is 2.26. The standard InChI is InChI=1S/C17H21N5/c1-21-11-13(10-18-21)12-22-9-5-4-8-16(22)17-19-14-6-2-3-7-15(14)20-17/h2-3,6-7,10-11,16H,4-5,8-9,12H2,1H3,(H,19,20). The normalized spacial score (nSPS) is 19.8. The minimum absolute atomic E-state index is 0.376. The average Bonchev–Trinajstić information content (AvgIpc) is 3.14. The number of likely N-dealkylation sites (tertiary alicyclic amines) is 1. The summed E-state index contributed by atoms with van der Waals surface area (Å²) in [6.45, 7) is 2.06. The summed E-state index contributed by atoms with van der Waals surface area (Å²) in [6.07, 6.45) is 7.76. The molecular weight excluding hydrogens is 274 g/mol. The number of hydrogen-bond acceptors (Lipinski definition) is 3. The molecular formula is C17H21N5. The van der Waals surface area contributed by atoms with Crippen LogP contribution < -0.4 is 0 Å². The lowest BCUT2D eigenvalue weighted by Gasteiger charge is -2.34. The topological polar surface area (TPSA) is 49.7 Å². The molecule has 4 rings (SSSR count). The van der Waals surface area contributed by atoms with Gasteiger partial charge in [0.25, 0.3) is 0 Å². The molecule has 0 bridgehead atoms. The van der Waals surface area contributed by atoms with Gasteiger partial charge in [-0.3, -0.25) is 9.58 Å². The van der Waals surface area contributed by atoms with Crippen molar-refractivity contribution in [2.75, 3.05) is 6.54 Å². The summed E-state index contributed by atoms with van der Waals surface area (Å²) in [4.78, 5) is 10.9. The number of aromatic amines is 1. The number of aromatic nitrogens is 4. The summed E-state index contributed by atoms with van der Waals surface area (Å²) in [6, 6.07) is 8.64. The van der Waals surface area contributed by atoms with Crippen molar-refractivity contribution in [3.05, 3.63) is 48.0 Å². The number of hydrogen-bond donors (Lipinski definition) is 1. The molecule has 5 heteroatoms. The molecule has 1 atom stereocenters. The third kappa shape index (κ3) is 2.52. The van der Waals surface area contributed by atoms with E-state index in [1.165, 1.54) is 24.8 Å². The second-order valence-electron chi connectivity index (χ2n) is 6.14. The highest BCUT2D eigenvalue weighted by Crippen LogP contribution is 2.31. The van der Waals surface area contributed by atoms with Crippen molar-refractivity contribution in [1.29, 1.82) is 0 Å². The number of piperidine rings is 1. The van der Waals surface area contributed by atoms with E-state index in [9.17, 15) is 0 Å². The molecule has 1 aliphatic rings. The maximum absolute atomic E-state index is 4.82. The number of aryl methyl sites for hydroxylation is 1. The third-order valence-corrected chi connectivity index (χ3v) is 4.48. The summed E-state index contributed by atoms with van der Waals surface area (Å²) in [5.41, 5.74) is 3.46. The highest BCUT2D eigenvalue weighted by molar-refractivity contribution is 5.74. The zero-order valence-electron chi connectivity index (χ0n) is 12.9. The van der Waals surface area contributed by atoms with E-state index < -0.39 is 0 Å². The molecule has 3 aromatic rings. The molecule has 1 unspecified atom stereocenters. The smallest absolute Gasteiger partial charge is 0.124 e. The fourth-order valence-electron chi connectivity index (χ4n) is 3.41. The van der Waals surface area contributed by atoms with E-state index in [1.807, 2.05) is 24.0 Å². The van der Waals surface area contributed by atoms with E-state index in [0.717, 1.165) is 29.9 Å². The van der Waals surface area contributed by atoms with Gasteiger partial charge in [0.15, 0.2) is 0 Å². The number of nitrogens with zero attached hydrogens (tertiary/aromatic N) is 4. The molecule has 1 saturated heterocycles. The summed E-state index contributed by atoms with van der Waals surface area (Å²) >= 11 is 0. The average molecular weight is 295 g/mol. The summed E-state index contributed by atoms with van der Waals surface area (Å²) in [7, 11) is 1.97. The van der Waals surface area contributed by atoms with Crippen LogP contribution in [0.3, 0.4) is 0 Å². The number of nitrogens with one attached hydrogen (secondary N) is 1. The first kappa shape index (κ1) is 13.5. The quantitative estimate of drug-likeness (QED) is 0.808. The number of para-hydroxylation sites is 2. The van der Waals surface area contributed by atoms with Gasteiger partial charge in [-0.1, -0.05) is 18.6 Å². The largest absolute Gasteiger partial charge is 0.341 e. The molecule has 1 aromatic carbocycles. The van der Waals surface area contributed by atoms with Gasteiger partial charge in [0.1, 0.15) is 5.82 Å². The first-order chi connectivity index (χ1) is 10.8. The molecule has 0 aliphatic carbocycles. The fourth-order valence-corrected chi connectivity index (χ4v) is 3.41. The Bertz CT molecular complexity index is 739. The lowest BCUT2D eigenvalue weighted by Crippen LogP contribution is -2.33. The van der Waals surface area contributed by atoms with Gasteiger partial charge in [0, 0.05) is 25.4 Å². The monoisotopic (exact) mass is 295 g/mol. The van der Waals surface area contributed by atoms with Crippen LogP contribution in [-0.2, 0) is 13.6 Å². The van der Waals surface area contributed by atoms with E-state index in [2.05, 4.69) is 39.4 Å². The molecule has 22 heavy (non-hydrogen) atoms. The summed E-state index contributed by atoms with van der Waals surface area (Å²) in [5, 5.41) is 4.28. The van der Waals surface area contributed by atoms with E-state index in [0.29, 0.717) is 6.04 Å². The predicted molar refractivity (Wildman–Crippen MR) is 86.3 cm³/mol. The van der Waals surface area contributed by atoms with Gasteiger partial charge in [-0.05, 0) is 31.5 Å². The van der Waals surface area contributed by atoms with Crippen LogP contribution in [0.4, 0.5) is 0 Å². The Morgan fingerprint density at radius 2 is 2.18 bits per heavy atom. The molecule has 0 radical (unpaired) electrons. The molecule has 2 aromatic heterocycles. The number of benzene rings is 1. The Kier molecular flexibility index (Phi) is 3.42. The molecule has 1 fully saturated rings. The first-order valence-electron chi connectivity index (χ1n) is 7.96. The fraction of sp³-hybridized carbons (Fsp3) is 0.412. The number of fused-ring (bicyclic) bond motifs is 1. The maximum Gasteiger partial charge on any atom is 0.124 e. The van der Waals surface area contributed by atoms with Crippen molar-refractivity contribution in [3.63, 3.8) is 0 Å². The van der Waals surface area contributed by atoms with Gasteiger partial charge in [-0.15, -0.1) is 0 Å². The van der Waals surface area contributed by atoms with Gasteiger partial charge in [0.05, 0.1) is 23.3 Å². The minimum Gasteiger partial charge on any atom is -0.341 e. The van der Waals surface area contributed by atoms with Crippen molar-refractivity contribution in [1.82, 2.24) is 24.6 Å². The van der Waals surface area contributed by atoms with E-state index in [-0.39, 0.29) is 0 Å². The molecule has 0 saturated carbocycles. The lowest BCUT2D eigenvalue weighted by molar-refractivity contribution is 0.134. The molecule has 0 spiro atoms. The minimum atomic E-state index is 0.376. The number of H-pyrrole nitrogens is 1. The van der Waals surface area contributed by atoms with Crippen LogP contribution in [0.5, 0.6) is 0 Å². The van der Waals surface area contributed by atoms with Crippen LogP contribution in [0.1, 0.15) is 36.7 Å². The highest BCUT2D eigenvalue weighted by atomic mass is 15.3. The van der Waals surface area contributed by atoms with Gasteiger partial charge < -0.3 is 4.98 Å². The second-order valence-corrected chi connectivity index (χ2v) is 6.14. The van der Waals surface area contributed by atoms with Crippen molar-refractivity contribution < 1.29 is 0 Å². The van der Waals surface area contributed by atoms with Gasteiger partial charge in [-0.25, -0.2) is 4.98 Å². The van der Waals surface area contributed by atoms with E-state index >= 15 is 0 Å². The Morgan fingerprint density at radius 1 is 1.27 bits per heavy atom. The Hall–Kier alpha value is -2.14. The molecule has 114 valence electrons. The zero-order chi connectivity index (χ0) is 14.9. The Morgan fingerprint density at radius 3 is 3.00 bits per heavy atom. The van der Waals surface area contributed by atoms with Crippen LogP contribution in [-0.4, -0.2) is 31.2 Å². The van der Waals surface area contributed by atoms with Crippen LogP contribution >= 0.6 is 0 Å². The second kappa shape index (κ2) is 5.57. The molecule has 1 N–H and O–H groups in total. The van der Waals surface area contributed by atoms with Gasteiger partial charge in [0.2, 0.25) is 0 Å². The van der Waals surface area contributed by atoms with Crippen molar-refractivity contribution in [2.45, 2.75) is 31.8 Å². The molecule has 5 nitrogen and oxygen atoms in total. The molecule has 3 heterocycles. The zero-order valence-corrected chi connectivity index (χ0v) is 12.9. The van der Waals surface area contributed by atoms with Gasteiger partial charge in [-0.2, -0.15) is 5.10 Å². The van der Waals surface area contributed by atoms with Crippen LogP contribution in [0.25, 0.3) is 11.0 Å². The van der Waals surface area contributed by atoms with Crippen molar-refractivity contribution in [3.8, 4) is 0 Å². The predicted octanol–water partition coefficient (Wildman–Crippen LogP) is 3.02. The SMILES string of the molecule is Cn1cc(CN2CCCCC2c2nc3ccccc3[nH]2)cn1. The van der Waals surface area contributed by atoms with Crippen LogP contribution in [0.2, 0.25) is 0 Å². The van der Waals surface area contributed by atoms with Crippen molar-refractivity contribution in [2.24, 2.45) is 7.05 Å². The van der Waals surface area contributed by atoms with E-state index in [4.69, 9.17) is 4.98 Å². The summed E-state index contributed by atoms with van der Waals surface area (Å²) in [5.74, 6) is 1.10. The van der Waals surface area contributed by atoms with Crippen molar-refractivity contribution >= 4 is 11.0 Å². The molecule has 1 aliphatic heterocycles.